The van der Waals surface area contributed by atoms with Gasteiger partial charge in [-0.15, -0.1) is 0 Å². The molecule has 166 valence electrons. The van der Waals surface area contributed by atoms with Crippen molar-refractivity contribution in [2.45, 2.75) is 68.9 Å². The Bertz CT molecular complexity index is 862. The fourth-order valence-electron chi connectivity index (χ4n) is 4.01. The van der Waals surface area contributed by atoms with E-state index in [1.807, 2.05) is 0 Å². The van der Waals surface area contributed by atoms with Crippen molar-refractivity contribution in [1.82, 2.24) is 9.62 Å². The fourth-order valence-corrected chi connectivity index (χ4v) is 5.55. The number of sulfonamides is 1. The van der Waals surface area contributed by atoms with Crippen molar-refractivity contribution in [3.8, 4) is 0 Å². The van der Waals surface area contributed by atoms with Gasteiger partial charge in [0, 0.05) is 19.1 Å². The molecule has 2 fully saturated rings. The zero-order valence-corrected chi connectivity index (χ0v) is 18.0. The molecule has 0 bridgehead atoms. The second-order valence-corrected chi connectivity index (χ2v) is 9.94. The highest BCUT2D eigenvalue weighted by Gasteiger charge is 2.35. The van der Waals surface area contributed by atoms with Gasteiger partial charge in [-0.05, 0) is 44.7 Å². The van der Waals surface area contributed by atoms with E-state index in [9.17, 15) is 22.4 Å². The van der Waals surface area contributed by atoms with Crippen molar-refractivity contribution in [2.24, 2.45) is 5.92 Å². The molecule has 1 saturated heterocycles. The first-order valence-corrected chi connectivity index (χ1v) is 12.0. The van der Waals surface area contributed by atoms with Crippen LogP contribution >= 0.6 is 0 Å². The number of rotatable bonds is 6. The largest absolute Gasteiger partial charge is 0.452 e. The molecule has 9 heteroatoms. The quantitative estimate of drug-likeness (QED) is 0.687. The maximum absolute atomic E-state index is 13.9. The van der Waals surface area contributed by atoms with E-state index < -0.39 is 33.8 Å². The molecule has 0 radical (unpaired) electrons. The standard InChI is InChI=1S/C21H29FN2O5S/c1-15(20(25)23-17-7-3-2-4-8-17)29-21(26)16-11-13-24(14-12-16)30(27,28)19-10-6-5-9-18(19)22/h5-6,9-10,15-17H,2-4,7-8,11-14H2,1H3,(H,23,25). The molecule has 1 saturated carbocycles. The molecule has 2 aliphatic rings. The Hall–Kier alpha value is -2.00. The summed E-state index contributed by atoms with van der Waals surface area (Å²) in [5, 5.41) is 2.94. The zero-order valence-electron chi connectivity index (χ0n) is 17.2. The summed E-state index contributed by atoms with van der Waals surface area (Å²) in [5.41, 5.74) is 0. The second kappa shape index (κ2) is 9.87. The van der Waals surface area contributed by atoms with Crippen LogP contribution in [0.4, 0.5) is 4.39 Å². The number of hydrogen-bond acceptors (Lipinski definition) is 5. The molecule has 0 aromatic heterocycles. The molecular formula is C21H29FN2O5S. The number of carbonyl (C=O) groups is 2. The minimum absolute atomic E-state index is 0.0963. The smallest absolute Gasteiger partial charge is 0.309 e. The number of ether oxygens (including phenoxy) is 1. The molecule has 30 heavy (non-hydrogen) atoms. The van der Waals surface area contributed by atoms with Crippen molar-refractivity contribution in [1.29, 1.82) is 0 Å². The normalized spacial score (nSPS) is 20.5. The third-order valence-corrected chi connectivity index (χ3v) is 7.79. The molecular weight excluding hydrogens is 411 g/mol. The highest BCUT2D eigenvalue weighted by atomic mass is 32.2. The van der Waals surface area contributed by atoms with Gasteiger partial charge in [-0.25, -0.2) is 12.8 Å². The van der Waals surface area contributed by atoms with E-state index in [0.29, 0.717) is 0 Å². The van der Waals surface area contributed by atoms with Crippen LogP contribution in [0.15, 0.2) is 29.2 Å². The van der Waals surface area contributed by atoms with Gasteiger partial charge in [0.15, 0.2) is 6.10 Å². The number of esters is 1. The predicted molar refractivity (Wildman–Crippen MR) is 108 cm³/mol. The van der Waals surface area contributed by atoms with Gasteiger partial charge in [-0.2, -0.15) is 4.31 Å². The molecule has 1 atom stereocenters. The number of benzene rings is 1. The molecule has 1 unspecified atom stereocenters. The molecule has 1 aromatic rings. The van der Waals surface area contributed by atoms with Gasteiger partial charge in [-0.1, -0.05) is 31.4 Å². The predicted octanol–water partition coefficient (Wildman–Crippen LogP) is 2.61. The summed E-state index contributed by atoms with van der Waals surface area (Å²) in [5.74, 6) is -2.07. The molecule has 1 N–H and O–H groups in total. The van der Waals surface area contributed by atoms with Gasteiger partial charge >= 0.3 is 5.97 Å². The maximum Gasteiger partial charge on any atom is 0.309 e. The monoisotopic (exact) mass is 440 g/mol. The summed E-state index contributed by atoms with van der Waals surface area (Å²) in [6, 6.07) is 5.38. The highest BCUT2D eigenvalue weighted by Crippen LogP contribution is 2.26. The maximum atomic E-state index is 13.9. The Morgan fingerprint density at radius 1 is 1.10 bits per heavy atom. The summed E-state index contributed by atoms with van der Waals surface area (Å²) < 4.78 is 45.8. The van der Waals surface area contributed by atoms with E-state index in [-0.39, 0.29) is 42.8 Å². The SMILES string of the molecule is CC(OC(=O)C1CCN(S(=O)(=O)c2ccccc2F)CC1)C(=O)NC1CCCCC1. The highest BCUT2D eigenvalue weighted by molar-refractivity contribution is 7.89. The Morgan fingerprint density at radius 3 is 2.37 bits per heavy atom. The summed E-state index contributed by atoms with van der Waals surface area (Å²) in [4.78, 5) is 24.4. The number of hydrogen-bond donors (Lipinski definition) is 1. The lowest BCUT2D eigenvalue weighted by Crippen LogP contribution is -2.44. The second-order valence-electron chi connectivity index (χ2n) is 8.03. The Kier molecular flexibility index (Phi) is 7.46. The van der Waals surface area contributed by atoms with Gasteiger partial charge < -0.3 is 10.1 Å². The Labute approximate surface area is 177 Å². The molecule has 1 aliphatic carbocycles. The molecule has 3 rings (SSSR count). The molecule has 1 aliphatic heterocycles. The minimum Gasteiger partial charge on any atom is -0.452 e. The average Bonchev–Trinajstić information content (AvgIpc) is 2.74. The zero-order chi connectivity index (χ0) is 21.7. The van der Waals surface area contributed by atoms with E-state index in [0.717, 1.165) is 31.7 Å². The Morgan fingerprint density at radius 2 is 1.73 bits per heavy atom. The van der Waals surface area contributed by atoms with Crippen LogP contribution in [0.25, 0.3) is 0 Å². The van der Waals surface area contributed by atoms with Crippen LogP contribution in [0.5, 0.6) is 0 Å². The lowest BCUT2D eigenvalue weighted by molar-refractivity contribution is -0.160. The first-order chi connectivity index (χ1) is 14.3. The third kappa shape index (κ3) is 5.37. The van der Waals surface area contributed by atoms with E-state index in [1.54, 1.807) is 6.92 Å². The molecule has 7 nitrogen and oxygen atoms in total. The van der Waals surface area contributed by atoms with E-state index >= 15 is 0 Å². The first kappa shape index (κ1) is 22.7. The van der Waals surface area contributed by atoms with Gasteiger partial charge in [0.2, 0.25) is 10.0 Å². The minimum atomic E-state index is -3.95. The van der Waals surface area contributed by atoms with Crippen LogP contribution in [0.3, 0.4) is 0 Å². The summed E-state index contributed by atoms with van der Waals surface area (Å²) in [7, 11) is -3.95. The number of piperidine rings is 1. The Balaban J connectivity index is 1.50. The van der Waals surface area contributed by atoms with Crippen LogP contribution in [-0.4, -0.2) is 49.8 Å². The van der Waals surface area contributed by atoms with Crippen LogP contribution in [0.1, 0.15) is 51.9 Å². The topological polar surface area (TPSA) is 92.8 Å². The lowest BCUT2D eigenvalue weighted by Gasteiger charge is -2.31. The number of carbonyl (C=O) groups excluding carboxylic acids is 2. The number of nitrogens with one attached hydrogen (secondary N) is 1. The summed E-state index contributed by atoms with van der Waals surface area (Å²) in [6.07, 6.45) is 4.90. The van der Waals surface area contributed by atoms with Gasteiger partial charge in [0.25, 0.3) is 5.91 Å². The molecule has 1 aromatic carbocycles. The van der Waals surface area contributed by atoms with Crippen LogP contribution < -0.4 is 5.32 Å². The number of amides is 1. The van der Waals surface area contributed by atoms with Crippen molar-refractivity contribution in [3.63, 3.8) is 0 Å². The number of halogens is 1. The van der Waals surface area contributed by atoms with Gasteiger partial charge in [0.05, 0.1) is 5.92 Å². The summed E-state index contributed by atoms with van der Waals surface area (Å²) in [6.45, 7) is 1.74. The molecule has 1 amide bonds. The fraction of sp³-hybridized carbons (Fsp3) is 0.619. The average molecular weight is 441 g/mol. The number of nitrogens with zero attached hydrogens (tertiary/aromatic N) is 1. The lowest BCUT2D eigenvalue weighted by atomic mass is 9.95. The van der Waals surface area contributed by atoms with Crippen molar-refractivity contribution in [2.75, 3.05) is 13.1 Å². The van der Waals surface area contributed by atoms with Crippen molar-refractivity contribution < 1.29 is 27.1 Å². The van der Waals surface area contributed by atoms with Crippen molar-refractivity contribution in [3.05, 3.63) is 30.1 Å². The van der Waals surface area contributed by atoms with Crippen molar-refractivity contribution >= 4 is 21.9 Å². The summed E-state index contributed by atoms with van der Waals surface area (Å²) >= 11 is 0. The van der Waals surface area contributed by atoms with Gasteiger partial charge in [-0.3, -0.25) is 9.59 Å². The van der Waals surface area contributed by atoms with Crippen LogP contribution in [0.2, 0.25) is 0 Å². The first-order valence-electron chi connectivity index (χ1n) is 10.5. The van der Waals surface area contributed by atoms with Crippen LogP contribution in [0, 0.1) is 11.7 Å². The molecule has 1 heterocycles. The van der Waals surface area contributed by atoms with Crippen LogP contribution in [-0.2, 0) is 24.3 Å². The molecule has 0 spiro atoms. The third-order valence-electron chi connectivity index (χ3n) is 5.86. The van der Waals surface area contributed by atoms with E-state index in [2.05, 4.69) is 5.32 Å². The van der Waals surface area contributed by atoms with Gasteiger partial charge in [0.1, 0.15) is 10.7 Å². The van der Waals surface area contributed by atoms with E-state index in [1.165, 1.54) is 28.9 Å². The van der Waals surface area contributed by atoms with E-state index in [4.69, 9.17) is 4.74 Å².